The van der Waals surface area contributed by atoms with E-state index in [0.717, 1.165) is 25.4 Å². The lowest BCUT2D eigenvalue weighted by molar-refractivity contribution is 0.0106. The van der Waals surface area contributed by atoms with E-state index in [2.05, 4.69) is 12.2 Å². The summed E-state index contributed by atoms with van der Waals surface area (Å²) in [6.45, 7) is 2.98. The Morgan fingerprint density at radius 2 is 1.95 bits per heavy atom. The van der Waals surface area contributed by atoms with Gasteiger partial charge in [-0.3, -0.25) is 0 Å². The highest BCUT2D eigenvalue weighted by Gasteiger charge is 2.34. The van der Waals surface area contributed by atoms with Crippen molar-refractivity contribution in [3.05, 3.63) is 35.6 Å². The molecule has 1 aliphatic carbocycles. The summed E-state index contributed by atoms with van der Waals surface area (Å²) in [5.41, 5.74) is 1.23. The van der Waals surface area contributed by atoms with Crippen LogP contribution in [0.3, 0.4) is 0 Å². The first-order chi connectivity index (χ1) is 9.22. The number of rotatable bonds is 4. The summed E-state index contributed by atoms with van der Waals surface area (Å²) in [4.78, 5) is 0. The molecule has 3 heteroatoms. The predicted octanol–water partition coefficient (Wildman–Crippen LogP) is 3.43. The van der Waals surface area contributed by atoms with Gasteiger partial charge in [-0.1, -0.05) is 12.1 Å². The first-order valence-corrected chi connectivity index (χ1v) is 7.35. The Labute approximate surface area is 114 Å². The van der Waals surface area contributed by atoms with E-state index >= 15 is 0 Å². The molecule has 104 valence electrons. The molecule has 0 amide bonds. The number of nitrogens with one attached hydrogen (secondary N) is 1. The third-order valence-corrected chi connectivity index (χ3v) is 4.22. The van der Waals surface area contributed by atoms with Crippen LogP contribution in [0, 0.1) is 11.7 Å². The molecule has 1 N–H and O–H groups in total. The van der Waals surface area contributed by atoms with E-state index in [0.29, 0.717) is 18.2 Å². The predicted molar refractivity (Wildman–Crippen MR) is 73.4 cm³/mol. The first-order valence-electron chi connectivity index (χ1n) is 7.35. The van der Waals surface area contributed by atoms with Crippen molar-refractivity contribution < 1.29 is 9.13 Å². The van der Waals surface area contributed by atoms with E-state index in [-0.39, 0.29) is 5.82 Å². The highest BCUT2D eigenvalue weighted by Crippen LogP contribution is 2.41. The zero-order chi connectivity index (χ0) is 13.2. The van der Waals surface area contributed by atoms with E-state index < -0.39 is 0 Å². The molecule has 1 saturated heterocycles. The van der Waals surface area contributed by atoms with Crippen LogP contribution in [-0.4, -0.2) is 18.8 Å². The van der Waals surface area contributed by atoms with Crippen molar-refractivity contribution in [2.24, 2.45) is 5.92 Å². The third kappa shape index (κ3) is 3.34. The van der Waals surface area contributed by atoms with Gasteiger partial charge in [0.25, 0.3) is 0 Å². The van der Waals surface area contributed by atoms with E-state index in [4.69, 9.17) is 4.74 Å². The first kappa shape index (κ1) is 13.1. The third-order valence-electron chi connectivity index (χ3n) is 4.22. The van der Waals surface area contributed by atoms with Crippen LogP contribution in [0.25, 0.3) is 0 Å². The van der Waals surface area contributed by atoms with Gasteiger partial charge in [0.2, 0.25) is 0 Å². The van der Waals surface area contributed by atoms with Gasteiger partial charge < -0.3 is 10.1 Å². The monoisotopic (exact) mass is 263 g/mol. The quantitative estimate of drug-likeness (QED) is 0.898. The van der Waals surface area contributed by atoms with Crippen LogP contribution in [0.5, 0.6) is 0 Å². The van der Waals surface area contributed by atoms with Crippen molar-refractivity contribution in [3.63, 3.8) is 0 Å². The summed E-state index contributed by atoms with van der Waals surface area (Å²) in [6.07, 6.45) is 5.07. The van der Waals surface area contributed by atoms with Crippen molar-refractivity contribution in [2.75, 3.05) is 6.61 Å². The highest BCUT2D eigenvalue weighted by molar-refractivity contribution is 5.22. The minimum atomic E-state index is -0.155. The Hall–Kier alpha value is -0.930. The molecule has 3 rings (SSSR count). The van der Waals surface area contributed by atoms with E-state index in [9.17, 15) is 4.39 Å². The largest absolute Gasteiger partial charge is 0.378 e. The van der Waals surface area contributed by atoms with E-state index in [1.807, 2.05) is 12.1 Å². The summed E-state index contributed by atoms with van der Waals surface area (Å²) in [6, 6.07) is 7.90. The molecule has 1 aromatic carbocycles. The minimum Gasteiger partial charge on any atom is -0.378 e. The molecule has 1 heterocycles. The van der Waals surface area contributed by atoms with Crippen molar-refractivity contribution in [1.29, 1.82) is 0 Å². The SMILES string of the molecule is CC1CC(NC(c2ccc(F)cc2)C2CC2)CCO1. The summed E-state index contributed by atoms with van der Waals surface area (Å²) < 4.78 is 18.6. The van der Waals surface area contributed by atoms with Gasteiger partial charge >= 0.3 is 0 Å². The fourth-order valence-corrected chi connectivity index (χ4v) is 3.01. The normalized spacial score (nSPS) is 29.2. The number of halogens is 1. The molecule has 2 aliphatic rings. The Morgan fingerprint density at radius 3 is 2.58 bits per heavy atom. The van der Waals surface area contributed by atoms with Crippen LogP contribution in [0.4, 0.5) is 4.39 Å². The van der Waals surface area contributed by atoms with Crippen LogP contribution in [0.2, 0.25) is 0 Å². The van der Waals surface area contributed by atoms with Gasteiger partial charge in [0.15, 0.2) is 0 Å². The average Bonchev–Trinajstić information content (AvgIpc) is 3.22. The summed E-state index contributed by atoms with van der Waals surface area (Å²) in [5, 5.41) is 3.78. The highest BCUT2D eigenvalue weighted by atomic mass is 19.1. The van der Waals surface area contributed by atoms with Crippen molar-refractivity contribution in [1.82, 2.24) is 5.32 Å². The number of benzene rings is 1. The Bertz CT molecular complexity index is 415. The second-order valence-electron chi connectivity index (χ2n) is 5.94. The number of hydrogen-bond acceptors (Lipinski definition) is 2. The second kappa shape index (κ2) is 5.59. The Kier molecular flexibility index (Phi) is 3.85. The lowest BCUT2D eigenvalue weighted by Gasteiger charge is -2.32. The molecule has 0 radical (unpaired) electrons. The van der Waals surface area contributed by atoms with Crippen LogP contribution in [0.15, 0.2) is 24.3 Å². The molecular weight excluding hydrogens is 241 g/mol. The molecule has 3 unspecified atom stereocenters. The molecule has 1 aromatic rings. The van der Waals surface area contributed by atoms with Crippen molar-refractivity contribution in [3.8, 4) is 0 Å². The van der Waals surface area contributed by atoms with Crippen LogP contribution < -0.4 is 5.32 Å². The van der Waals surface area contributed by atoms with Gasteiger partial charge in [-0.15, -0.1) is 0 Å². The fraction of sp³-hybridized carbons (Fsp3) is 0.625. The van der Waals surface area contributed by atoms with E-state index in [1.54, 1.807) is 12.1 Å². The molecular formula is C16H22FNO. The van der Waals surface area contributed by atoms with Crippen molar-refractivity contribution >= 4 is 0 Å². The maximum atomic E-state index is 13.0. The molecule has 2 nitrogen and oxygen atoms in total. The van der Waals surface area contributed by atoms with Gasteiger partial charge in [-0.05, 0) is 56.2 Å². The zero-order valence-electron chi connectivity index (χ0n) is 11.4. The number of ether oxygens (including phenoxy) is 1. The summed E-state index contributed by atoms with van der Waals surface area (Å²) in [7, 11) is 0. The van der Waals surface area contributed by atoms with Gasteiger partial charge in [0, 0.05) is 18.7 Å². The average molecular weight is 263 g/mol. The molecule has 1 aliphatic heterocycles. The Morgan fingerprint density at radius 1 is 1.21 bits per heavy atom. The molecule has 19 heavy (non-hydrogen) atoms. The molecule has 1 saturated carbocycles. The second-order valence-corrected chi connectivity index (χ2v) is 5.94. The molecule has 2 fully saturated rings. The standard InChI is InChI=1S/C16H22FNO/c1-11-10-15(8-9-19-11)18-16(12-2-3-12)13-4-6-14(17)7-5-13/h4-7,11-12,15-16,18H,2-3,8-10H2,1H3. The maximum Gasteiger partial charge on any atom is 0.123 e. The van der Waals surface area contributed by atoms with Gasteiger partial charge in [0.1, 0.15) is 5.82 Å². The molecule has 0 bridgehead atoms. The molecule has 3 atom stereocenters. The van der Waals surface area contributed by atoms with Crippen LogP contribution in [-0.2, 0) is 4.74 Å². The summed E-state index contributed by atoms with van der Waals surface area (Å²) >= 11 is 0. The fourth-order valence-electron chi connectivity index (χ4n) is 3.01. The lowest BCUT2D eigenvalue weighted by Crippen LogP contribution is -2.40. The van der Waals surface area contributed by atoms with Crippen molar-refractivity contribution in [2.45, 2.75) is 50.8 Å². The Balaban J connectivity index is 1.69. The summed E-state index contributed by atoms with van der Waals surface area (Å²) in [5.74, 6) is 0.571. The minimum absolute atomic E-state index is 0.155. The molecule has 0 spiro atoms. The van der Waals surface area contributed by atoms with Gasteiger partial charge in [-0.2, -0.15) is 0 Å². The van der Waals surface area contributed by atoms with Gasteiger partial charge in [0.05, 0.1) is 6.10 Å². The number of hydrogen-bond donors (Lipinski definition) is 1. The topological polar surface area (TPSA) is 21.3 Å². The lowest BCUT2D eigenvalue weighted by atomic mass is 9.97. The van der Waals surface area contributed by atoms with E-state index in [1.165, 1.54) is 18.4 Å². The smallest absolute Gasteiger partial charge is 0.123 e. The molecule has 0 aromatic heterocycles. The van der Waals surface area contributed by atoms with Crippen LogP contribution in [0.1, 0.15) is 44.2 Å². The maximum absolute atomic E-state index is 13.0. The van der Waals surface area contributed by atoms with Crippen LogP contribution >= 0.6 is 0 Å². The zero-order valence-corrected chi connectivity index (χ0v) is 11.4. The van der Waals surface area contributed by atoms with Gasteiger partial charge in [-0.25, -0.2) is 4.39 Å².